The topological polar surface area (TPSA) is 93.1 Å². The molecule has 134 valence electrons. The summed E-state index contributed by atoms with van der Waals surface area (Å²) in [5, 5.41) is 17.0. The minimum Gasteiger partial charge on any atom is -0.478 e. The normalized spacial score (nSPS) is 10.9. The van der Waals surface area contributed by atoms with Crippen LogP contribution in [0.3, 0.4) is 0 Å². The van der Waals surface area contributed by atoms with Crippen molar-refractivity contribution in [1.82, 2.24) is 0 Å². The molecule has 6 nitrogen and oxygen atoms in total. The van der Waals surface area contributed by atoms with Crippen molar-refractivity contribution in [3.05, 3.63) is 25.3 Å². The Kier molecular flexibility index (Phi) is 18.9. The molecule has 0 aliphatic carbocycles. The number of aliphatic hydroxyl groups excluding tert-OH is 1. The highest BCUT2D eigenvalue weighted by Gasteiger charge is 2.06. The quantitative estimate of drug-likeness (QED) is 0.306. The summed E-state index contributed by atoms with van der Waals surface area (Å²) in [6.07, 6.45) is 8.43. The third kappa shape index (κ3) is 22.8. The van der Waals surface area contributed by atoms with Crippen LogP contribution in [0.2, 0.25) is 0 Å². The molecule has 0 aliphatic rings. The van der Waals surface area contributed by atoms with Crippen LogP contribution in [0.25, 0.3) is 0 Å². The molecule has 0 fully saturated rings. The first-order valence-corrected chi connectivity index (χ1v) is 7.88. The number of rotatable bonds is 13. The van der Waals surface area contributed by atoms with E-state index < -0.39 is 18.0 Å². The van der Waals surface area contributed by atoms with Crippen LogP contribution < -0.4 is 0 Å². The molecule has 0 spiro atoms. The number of carboxylic acids is 1. The molecule has 1 atom stereocenters. The zero-order valence-corrected chi connectivity index (χ0v) is 14.0. The van der Waals surface area contributed by atoms with Gasteiger partial charge in [-0.2, -0.15) is 0 Å². The van der Waals surface area contributed by atoms with Gasteiger partial charge in [0.05, 0.1) is 6.61 Å². The van der Waals surface area contributed by atoms with Crippen LogP contribution in [0.15, 0.2) is 25.3 Å². The highest BCUT2D eigenvalue weighted by molar-refractivity contribution is 5.81. The Morgan fingerprint density at radius 3 is 2.13 bits per heavy atom. The fourth-order valence-electron chi connectivity index (χ4n) is 1.49. The average Bonchev–Trinajstić information content (AvgIpc) is 2.55. The Labute approximate surface area is 138 Å². The molecule has 0 aliphatic heterocycles. The average molecular weight is 330 g/mol. The number of carbonyl (C=O) groups excluding carboxylic acids is 1. The van der Waals surface area contributed by atoms with E-state index in [0.29, 0.717) is 6.61 Å². The van der Waals surface area contributed by atoms with Crippen molar-refractivity contribution in [2.75, 3.05) is 19.8 Å². The van der Waals surface area contributed by atoms with E-state index in [1.165, 1.54) is 32.1 Å². The Balaban J connectivity index is 0. The minimum absolute atomic E-state index is 0.0403. The predicted octanol–water partition coefficient (Wildman–Crippen LogP) is 2.71. The maximum absolute atomic E-state index is 10.7. The molecule has 6 heteroatoms. The molecule has 0 radical (unpaired) electrons. The number of ether oxygens (including phenoxy) is 2. The maximum Gasteiger partial charge on any atom is 0.330 e. The highest BCUT2D eigenvalue weighted by atomic mass is 16.5. The third-order valence-corrected chi connectivity index (χ3v) is 2.71. The largest absolute Gasteiger partial charge is 0.478 e. The lowest BCUT2D eigenvalue weighted by molar-refractivity contribution is -0.141. The second kappa shape index (κ2) is 18.4. The first-order valence-electron chi connectivity index (χ1n) is 7.88. The van der Waals surface area contributed by atoms with Crippen molar-refractivity contribution >= 4 is 11.9 Å². The van der Waals surface area contributed by atoms with Crippen LogP contribution >= 0.6 is 0 Å². The van der Waals surface area contributed by atoms with Crippen LogP contribution in [0.5, 0.6) is 0 Å². The fraction of sp³-hybridized carbons (Fsp3) is 0.647. The number of aliphatic hydroxyl groups is 1. The van der Waals surface area contributed by atoms with E-state index in [9.17, 15) is 14.7 Å². The van der Waals surface area contributed by atoms with E-state index >= 15 is 0 Å². The Bertz CT molecular complexity index is 327. The summed E-state index contributed by atoms with van der Waals surface area (Å²) >= 11 is 0. The van der Waals surface area contributed by atoms with Crippen molar-refractivity contribution in [3.8, 4) is 0 Å². The van der Waals surface area contributed by atoms with Crippen molar-refractivity contribution in [1.29, 1.82) is 0 Å². The van der Waals surface area contributed by atoms with Gasteiger partial charge in [-0.05, 0) is 6.42 Å². The van der Waals surface area contributed by atoms with Crippen LogP contribution in [0, 0.1) is 0 Å². The van der Waals surface area contributed by atoms with Crippen LogP contribution in [0.4, 0.5) is 0 Å². The van der Waals surface area contributed by atoms with Gasteiger partial charge >= 0.3 is 11.9 Å². The van der Waals surface area contributed by atoms with Crippen molar-refractivity contribution < 1.29 is 29.3 Å². The van der Waals surface area contributed by atoms with Gasteiger partial charge in [-0.3, -0.25) is 0 Å². The minimum atomic E-state index is -0.981. The smallest absolute Gasteiger partial charge is 0.330 e. The summed E-state index contributed by atoms with van der Waals surface area (Å²) in [4.78, 5) is 20.0. The lowest BCUT2D eigenvalue weighted by Crippen LogP contribution is -2.23. The molecule has 2 N–H and O–H groups in total. The SMILES string of the molecule is C=CC(=O)O.C=CC(=O)OCC(O)COCCCCCCCC. The fourth-order valence-corrected chi connectivity index (χ4v) is 1.49. The number of unbranched alkanes of at least 4 members (excludes halogenated alkanes) is 5. The van der Waals surface area contributed by atoms with Gasteiger partial charge in [0.25, 0.3) is 0 Å². The van der Waals surface area contributed by atoms with Gasteiger partial charge in [0, 0.05) is 18.8 Å². The number of aliphatic carboxylic acids is 1. The van der Waals surface area contributed by atoms with Crippen LogP contribution in [0.1, 0.15) is 45.4 Å². The molecular weight excluding hydrogens is 300 g/mol. The molecule has 23 heavy (non-hydrogen) atoms. The lowest BCUT2D eigenvalue weighted by Gasteiger charge is -2.11. The number of carbonyl (C=O) groups is 2. The van der Waals surface area contributed by atoms with Gasteiger partial charge in [0.1, 0.15) is 12.7 Å². The van der Waals surface area contributed by atoms with E-state index in [1.54, 1.807) is 0 Å². The molecule has 0 aromatic rings. The molecular formula is C17H30O6. The number of hydrogen-bond donors (Lipinski definition) is 2. The summed E-state index contributed by atoms with van der Waals surface area (Å²) < 4.78 is 9.99. The molecule has 0 heterocycles. The van der Waals surface area contributed by atoms with E-state index in [1.807, 2.05) is 0 Å². The predicted molar refractivity (Wildman–Crippen MR) is 89.2 cm³/mol. The van der Waals surface area contributed by atoms with Crippen LogP contribution in [-0.4, -0.2) is 48.1 Å². The molecule has 0 saturated carbocycles. The van der Waals surface area contributed by atoms with Crippen molar-refractivity contribution in [2.24, 2.45) is 0 Å². The van der Waals surface area contributed by atoms with E-state index in [-0.39, 0.29) is 13.2 Å². The molecule has 1 unspecified atom stereocenters. The monoisotopic (exact) mass is 330 g/mol. The molecule has 0 rings (SSSR count). The molecule has 0 bridgehead atoms. The standard InChI is InChI=1S/C14H26O4.C3H4O2/c1-3-5-6-7-8-9-10-17-11-13(15)12-18-14(16)4-2;1-2-3(4)5/h4,13,15H,2-3,5-12H2,1H3;2H,1H2,(H,4,5). The Morgan fingerprint density at radius 2 is 1.61 bits per heavy atom. The van der Waals surface area contributed by atoms with Gasteiger partial charge in [-0.15, -0.1) is 0 Å². The van der Waals surface area contributed by atoms with Gasteiger partial charge < -0.3 is 19.7 Å². The molecule has 0 aromatic heterocycles. The molecule has 0 aromatic carbocycles. The van der Waals surface area contributed by atoms with E-state index in [4.69, 9.17) is 9.84 Å². The second-order valence-corrected chi connectivity index (χ2v) is 4.87. The first kappa shape index (κ1) is 23.6. The van der Waals surface area contributed by atoms with Crippen molar-refractivity contribution in [2.45, 2.75) is 51.6 Å². The van der Waals surface area contributed by atoms with E-state index in [2.05, 4.69) is 24.8 Å². The van der Waals surface area contributed by atoms with Gasteiger partial charge in [-0.1, -0.05) is 52.2 Å². The highest BCUT2D eigenvalue weighted by Crippen LogP contribution is 2.05. The maximum atomic E-state index is 10.7. The molecule has 0 saturated heterocycles. The third-order valence-electron chi connectivity index (χ3n) is 2.71. The summed E-state index contributed by atoms with van der Waals surface area (Å²) in [6, 6.07) is 0. The lowest BCUT2D eigenvalue weighted by atomic mass is 10.1. The number of carboxylic acid groups (broad SMARTS) is 1. The van der Waals surface area contributed by atoms with Gasteiger partial charge in [0.2, 0.25) is 0 Å². The van der Waals surface area contributed by atoms with Gasteiger partial charge in [0.15, 0.2) is 0 Å². The summed E-state index contributed by atoms with van der Waals surface area (Å²) in [5.74, 6) is -1.50. The Hall–Kier alpha value is -1.66. The van der Waals surface area contributed by atoms with Crippen molar-refractivity contribution in [3.63, 3.8) is 0 Å². The summed E-state index contributed by atoms with van der Waals surface area (Å²) in [5.41, 5.74) is 0. The summed E-state index contributed by atoms with van der Waals surface area (Å²) in [7, 11) is 0. The zero-order valence-electron chi connectivity index (χ0n) is 14.0. The van der Waals surface area contributed by atoms with Crippen LogP contribution in [-0.2, 0) is 19.1 Å². The first-order chi connectivity index (χ1) is 11.0. The number of hydrogen-bond acceptors (Lipinski definition) is 5. The molecule has 0 amide bonds. The summed E-state index contributed by atoms with van der Waals surface area (Å²) in [6.45, 7) is 9.25. The van der Waals surface area contributed by atoms with E-state index in [0.717, 1.165) is 18.6 Å². The Morgan fingerprint density at radius 1 is 1.04 bits per heavy atom. The van der Waals surface area contributed by atoms with Gasteiger partial charge in [-0.25, -0.2) is 9.59 Å². The second-order valence-electron chi connectivity index (χ2n) is 4.87. The zero-order chi connectivity index (χ0) is 17.9. The number of esters is 1.